The number of phosphoric ester groups is 1. The van der Waals surface area contributed by atoms with Crippen LogP contribution >= 0.6 is 7.82 Å². The van der Waals surface area contributed by atoms with Gasteiger partial charge in [0, 0.05) is 6.42 Å². The number of amides is 1. The highest BCUT2D eigenvalue weighted by atomic mass is 31.2. The van der Waals surface area contributed by atoms with Crippen molar-refractivity contribution in [1.82, 2.24) is 5.32 Å². The van der Waals surface area contributed by atoms with E-state index in [0.29, 0.717) is 23.9 Å². The lowest BCUT2D eigenvalue weighted by molar-refractivity contribution is -0.870. The maximum absolute atomic E-state index is 13.0. The number of rotatable bonds is 54. The van der Waals surface area contributed by atoms with Crippen LogP contribution in [0.4, 0.5) is 0 Å². The Hall–Kier alpha value is -3.40. The van der Waals surface area contributed by atoms with Crippen molar-refractivity contribution in [3.05, 3.63) is 134 Å². The molecule has 0 aliphatic rings. The van der Waals surface area contributed by atoms with Crippen molar-refractivity contribution in [2.45, 2.75) is 244 Å². The van der Waals surface area contributed by atoms with Gasteiger partial charge in [-0.05, 0) is 96.3 Å². The molecule has 77 heavy (non-hydrogen) atoms. The van der Waals surface area contributed by atoms with Crippen molar-refractivity contribution in [1.29, 1.82) is 0 Å². The van der Waals surface area contributed by atoms with E-state index in [4.69, 9.17) is 9.05 Å². The lowest BCUT2D eigenvalue weighted by atomic mass is 9.99. The van der Waals surface area contributed by atoms with Gasteiger partial charge in [0.2, 0.25) is 5.91 Å². The second kappa shape index (κ2) is 55.9. The molecule has 0 aliphatic carbocycles. The normalized spacial score (nSPS) is 15.2. The number of quaternary nitrogens is 1. The summed E-state index contributed by atoms with van der Waals surface area (Å²) in [6.45, 7) is 4.30. The molecule has 4 unspecified atom stereocenters. The van der Waals surface area contributed by atoms with Gasteiger partial charge < -0.3 is 34.0 Å². The average molecular weight is 1090 g/mol. The minimum Gasteiger partial charge on any atom is -0.756 e. The van der Waals surface area contributed by atoms with Crippen molar-refractivity contribution >= 4 is 13.7 Å². The molecule has 0 heterocycles. The van der Waals surface area contributed by atoms with Gasteiger partial charge in [-0.25, -0.2) is 0 Å². The third-order valence-corrected chi connectivity index (χ3v) is 14.0. The number of allylic oxidation sites excluding steroid dienone is 22. The Morgan fingerprint density at radius 2 is 0.818 bits per heavy atom. The number of nitrogens with one attached hydrogen (secondary N) is 1. The molecular weight excluding hydrogens is 976 g/mol. The fraction of sp³-hybridized carbons (Fsp3) is 0.657. The number of unbranched alkanes of at least 4 members (excludes halogenated alkanes) is 18. The van der Waals surface area contributed by atoms with Crippen LogP contribution in [-0.2, 0) is 18.4 Å². The van der Waals surface area contributed by atoms with E-state index < -0.39 is 32.7 Å². The predicted octanol–water partition coefficient (Wildman–Crippen LogP) is 17.4. The fourth-order valence-corrected chi connectivity index (χ4v) is 8.92. The van der Waals surface area contributed by atoms with Gasteiger partial charge >= 0.3 is 0 Å². The summed E-state index contributed by atoms with van der Waals surface area (Å²) in [7, 11) is 1.10. The number of likely N-dealkylation sites (N-methyl/N-ethyl adjacent to an activating group) is 1. The molecule has 0 aromatic carbocycles. The highest BCUT2D eigenvalue weighted by Gasteiger charge is 2.29. The average Bonchev–Trinajstić information content (AvgIpc) is 3.39. The van der Waals surface area contributed by atoms with Crippen LogP contribution in [0.1, 0.15) is 226 Å². The Morgan fingerprint density at radius 3 is 1.19 bits per heavy atom. The minimum absolute atomic E-state index is 0.0494. The maximum atomic E-state index is 13.0. The van der Waals surface area contributed by atoms with Crippen molar-refractivity contribution in [2.75, 3.05) is 40.9 Å². The summed E-state index contributed by atoms with van der Waals surface area (Å²) in [5, 5.41) is 24.7. The number of hydrogen-bond acceptors (Lipinski definition) is 7. The number of carbonyl (C=O) groups excluding carboxylic acids is 1. The van der Waals surface area contributed by atoms with Gasteiger partial charge in [-0.3, -0.25) is 9.36 Å². The number of nitrogens with zero attached hydrogens (tertiary/aromatic N) is 1. The number of carbonyl (C=O) groups is 1. The second-order valence-corrected chi connectivity index (χ2v) is 22.9. The summed E-state index contributed by atoms with van der Waals surface area (Å²) in [5.41, 5.74) is 0. The zero-order valence-electron chi connectivity index (χ0n) is 49.7. The van der Waals surface area contributed by atoms with Crippen molar-refractivity contribution < 1.29 is 38.0 Å². The Balaban J connectivity index is 4.17. The van der Waals surface area contributed by atoms with Gasteiger partial charge in [-0.2, -0.15) is 0 Å². The van der Waals surface area contributed by atoms with Crippen LogP contribution in [0.2, 0.25) is 0 Å². The largest absolute Gasteiger partial charge is 0.756 e. The fourth-order valence-electron chi connectivity index (χ4n) is 8.20. The molecule has 440 valence electrons. The smallest absolute Gasteiger partial charge is 0.268 e. The third-order valence-electron chi connectivity index (χ3n) is 13.0. The first kappa shape index (κ1) is 73.6. The standard InChI is InChI=1S/C67H115N2O7P/c1-6-8-10-12-14-16-18-20-21-22-23-24-25-26-27-28-29-30-31-32-33-34-35-36-37-38-39-40-41-42-43-44-45-46-47-48-50-52-54-56-58-60-66(71)68-64(63-76-77(73,74)75-62-61-69(3,4)5)67(72)65(70)59-57-55-53-51-49-19-17-15-13-11-9-7-2/h8,10,14,16,20-21,23-24,26-27,29-30,32-33,35-36,38-39,41-42,44-45,64-65,67,70,72H,6-7,9,11-13,15,17-19,22,25,28,31,34,37,40,43,46-63H2,1-5H3,(H-,68,71,73,74)/b10-8-,16-14-,21-20-,24-23-,27-26-,30-29-,33-32-,36-35-,39-38-,42-41-,45-44-. The summed E-state index contributed by atoms with van der Waals surface area (Å²) in [6, 6.07) is -1.09. The van der Waals surface area contributed by atoms with Crippen LogP contribution < -0.4 is 10.2 Å². The summed E-state index contributed by atoms with van der Waals surface area (Å²) in [6.07, 6.45) is 80.9. The van der Waals surface area contributed by atoms with E-state index in [9.17, 15) is 24.5 Å². The summed E-state index contributed by atoms with van der Waals surface area (Å²) in [5.74, 6) is -0.295. The first-order chi connectivity index (χ1) is 37.4. The Kier molecular flexibility index (Phi) is 53.4. The minimum atomic E-state index is -4.68. The first-order valence-corrected chi connectivity index (χ1v) is 32.1. The van der Waals surface area contributed by atoms with Crippen LogP contribution in [0.5, 0.6) is 0 Å². The van der Waals surface area contributed by atoms with E-state index in [1.165, 1.54) is 64.2 Å². The predicted molar refractivity (Wildman–Crippen MR) is 331 cm³/mol. The van der Waals surface area contributed by atoms with Gasteiger partial charge in [0.05, 0.1) is 39.9 Å². The number of phosphoric acid groups is 1. The zero-order chi connectivity index (χ0) is 56.4. The van der Waals surface area contributed by atoms with Crippen LogP contribution in [0.15, 0.2) is 134 Å². The van der Waals surface area contributed by atoms with Crippen LogP contribution in [-0.4, -0.2) is 79.8 Å². The molecule has 0 aliphatic heterocycles. The van der Waals surface area contributed by atoms with E-state index in [2.05, 4.69) is 153 Å². The van der Waals surface area contributed by atoms with Crippen molar-refractivity contribution in [2.24, 2.45) is 0 Å². The Bertz CT molecular complexity index is 1730. The van der Waals surface area contributed by atoms with Gasteiger partial charge in [-0.15, -0.1) is 0 Å². The molecule has 10 heteroatoms. The van der Waals surface area contributed by atoms with Crippen molar-refractivity contribution in [3.8, 4) is 0 Å². The summed E-state index contributed by atoms with van der Waals surface area (Å²) in [4.78, 5) is 25.5. The lowest BCUT2D eigenvalue weighted by Crippen LogP contribution is -2.51. The van der Waals surface area contributed by atoms with Gasteiger partial charge in [0.1, 0.15) is 19.3 Å². The monoisotopic (exact) mass is 1090 g/mol. The van der Waals surface area contributed by atoms with Gasteiger partial charge in [-0.1, -0.05) is 257 Å². The van der Waals surface area contributed by atoms with Crippen molar-refractivity contribution in [3.63, 3.8) is 0 Å². The molecule has 0 rings (SSSR count). The van der Waals surface area contributed by atoms with E-state index in [1.807, 2.05) is 21.1 Å². The molecule has 0 aromatic rings. The SMILES string of the molecule is CC/C=C\C/C=C\C/C=C\C/C=C\C/C=C\C/C=C\C/C=C\C/C=C\C/C=C\C/C=C\C/C=C\CCCCCCCCCC(=O)NC(COP(=O)([O-])OCC[N+](C)(C)C)C(O)C(O)CCCCCCCCCCCCCC. The Labute approximate surface area is 473 Å². The van der Waals surface area contributed by atoms with Gasteiger partial charge in [0.15, 0.2) is 0 Å². The van der Waals surface area contributed by atoms with E-state index in [-0.39, 0.29) is 18.9 Å². The molecular formula is C67H115N2O7P. The lowest BCUT2D eigenvalue weighted by Gasteiger charge is -2.31. The molecule has 0 radical (unpaired) electrons. The molecule has 0 saturated carbocycles. The number of aliphatic hydroxyl groups is 2. The molecule has 9 nitrogen and oxygen atoms in total. The van der Waals surface area contributed by atoms with E-state index in [1.54, 1.807) is 0 Å². The van der Waals surface area contributed by atoms with Gasteiger partial charge in [0.25, 0.3) is 7.82 Å². The summed E-state index contributed by atoms with van der Waals surface area (Å²) < 4.78 is 23.3. The quantitative estimate of drug-likeness (QED) is 0.0239. The molecule has 1 amide bonds. The molecule has 0 aromatic heterocycles. The Morgan fingerprint density at radius 1 is 0.481 bits per heavy atom. The summed E-state index contributed by atoms with van der Waals surface area (Å²) >= 11 is 0. The molecule has 0 saturated heterocycles. The molecule has 0 bridgehead atoms. The van der Waals surface area contributed by atoms with Crippen LogP contribution in [0.25, 0.3) is 0 Å². The highest BCUT2D eigenvalue weighted by molar-refractivity contribution is 7.45. The topological polar surface area (TPSA) is 128 Å². The molecule has 0 spiro atoms. The van der Waals surface area contributed by atoms with Crippen LogP contribution in [0, 0.1) is 0 Å². The molecule has 0 fully saturated rings. The maximum Gasteiger partial charge on any atom is 0.268 e. The number of aliphatic hydroxyl groups excluding tert-OH is 2. The molecule has 4 atom stereocenters. The number of hydrogen-bond donors (Lipinski definition) is 3. The zero-order valence-corrected chi connectivity index (χ0v) is 50.6. The van der Waals surface area contributed by atoms with E-state index >= 15 is 0 Å². The third kappa shape index (κ3) is 57.1. The van der Waals surface area contributed by atoms with Crippen LogP contribution in [0.3, 0.4) is 0 Å². The second-order valence-electron chi connectivity index (χ2n) is 21.5. The van der Waals surface area contributed by atoms with E-state index in [0.717, 1.165) is 128 Å². The highest BCUT2D eigenvalue weighted by Crippen LogP contribution is 2.38. The first-order valence-electron chi connectivity index (χ1n) is 30.6. The molecule has 3 N–H and O–H groups in total.